The second-order valence-electron chi connectivity index (χ2n) is 7.14. The maximum atomic E-state index is 13.2. The zero-order valence-electron chi connectivity index (χ0n) is 15.5. The lowest BCUT2D eigenvalue weighted by atomic mass is 9.73. The molecule has 0 aliphatic heterocycles. The monoisotopic (exact) mass is 354 g/mol. The quantitative estimate of drug-likeness (QED) is 0.725. The van der Waals surface area contributed by atoms with Crippen molar-refractivity contribution in [3.05, 3.63) is 29.3 Å². The summed E-state index contributed by atoms with van der Waals surface area (Å²) >= 11 is 0. The molecule has 0 N–H and O–H groups in total. The molecule has 6 heteroatoms. The fourth-order valence-electron chi connectivity index (χ4n) is 2.85. The largest absolute Gasteiger partial charge is 0.417 e. The number of carbonyl (C=O) groups excluding carboxylic acids is 1. The number of nitriles is 1. The van der Waals surface area contributed by atoms with Gasteiger partial charge in [-0.2, -0.15) is 18.4 Å². The van der Waals surface area contributed by atoms with Crippen LogP contribution in [0.4, 0.5) is 18.9 Å². The van der Waals surface area contributed by atoms with E-state index in [0.29, 0.717) is 0 Å². The minimum atomic E-state index is -4.65. The van der Waals surface area contributed by atoms with Gasteiger partial charge in [0.25, 0.3) is 0 Å². The molecule has 138 valence electrons. The molecule has 0 aliphatic carbocycles. The normalized spacial score (nSPS) is 13.5. The summed E-state index contributed by atoms with van der Waals surface area (Å²) in [7, 11) is 0. The molecule has 0 aliphatic rings. The van der Waals surface area contributed by atoms with E-state index in [1.54, 1.807) is 13.0 Å². The molecule has 1 amide bonds. The summed E-state index contributed by atoms with van der Waals surface area (Å²) in [5, 5.41) is 8.91. The number of amides is 1. The van der Waals surface area contributed by atoms with Crippen LogP contribution < -0.4 is 4.90 Å². The predicted molar refractivity (Wildman–Crippen MR) is 92.0 cm³/mol. The van der Waals surface area contributed by atoms with Gasteiger partial charge in [0.15, 0.2) is 0 Å². The highest BCUT2D eigenvalue weighted by Crippen LogP contribution is 2.38. The highest BCUT2D eigenvalue weighted by molar-refractivity contribution is 5.97. The molecule has 1 aromatic rings. The number of hydrogen-bond acceptors (Lipinski definition) is 2. The summed E-state index contributed by atoms with van der Waals surface area (Å²) in [5.74, 6) is 0.0768. The van der Waals surface area contributed by atoms with Crippen LogP contribution in [0.2, 0.25) is 0 Å². The molecule has 1 aromatic carbocycles. The topological polar surface area (TPSA) is 44.1 Å². The van der Waals surface area contributed by atoms with Gasteiger partial charge in [0, 0.05) is 17.6 Å². The molecule has 0 radical (unpaired) electrons. The van der Waals surface area contributed by atoms with E-state index in [1.807, 2.05) is 34.6 Å². The molecule has 0 heterocycles. The van der Waals surface area contributed by atoms with Crippen LogP contribution >= 0.6 is 0 Å². The summed E-state index contributed by atoms with van der Waals surface area (Å²) in [4.78, 5) is 14.4. The number of alkyl halides is 3. The van der Waals surface area contributed by atoms with Crippen molar-refractivity contribution in [1.29, 1.82) is 5.26 Å². The molecule has 1 rings (SSSR count). The molecule has 0 saturated heterocycles. The van der Waals surface area contributed by atoms with Gasteiger partial charge in [-0.05, 0) is 37.0 Å². The lowest BCUT2D eigenvalue weighted by molar-refractivity contribution is -0.138. The summed E-state index contributed by atoms with van der Waals surface area (Å²) in [6.07, 6.45) is -4.65. The Morgan fingerprint density at radius 2 is 1.80 bits per heavy atom. The van der Waals surface area contributed by atoms with Crippen LogP contribution in [0.15, 0.2) is 18.2 Å². The third kappa shape index (κ3) is 4.33. The van der Waals surface area contributed by atoms with E-state index < -0.39 is 22.7 Å². The molecule has 3 nitrogen and oxygen atoms in total. The van der Waals surface area contributed by atoms with Gasteiger partial charge in [-0.25, -0.2) is 0 Å². The van der Waals surface area contributed by atoms with Gasteiger partial charge < -0.3 is 4.90 Å². The van der Waals surface area contributed by atoms with Crippen LogP contribution in [0.3, 0.4) is 0 Å². The van der Waals surface area contributed by atoms with Crippen molar-refractivity contribution in [2.75, 3.05) is 11.4 Å². The van der Waals surface area contributed by atoms with Gasteiger partial charge in [-0.3, -0.25) is 4.79 Å². The van der Waals surface area contributed by atoms with Crippen LogP contribution in [0.1, 0.15) is 52.7 Å². The number of halogens is 3. The van der Waals surface area contributed by atoms with Crippen molar-refractivity contribution in [2.45, 2.75) is 47.7 Å². The molecule has 0 aromatic heterocycles. The number of hydrogen-bond donors (Lipinski definition) is 0. The van der Waals surface area contributed by atoms with E-state index in [0.717, 1.165) is 12.1 Å². The van der Waals surface area contributed by atoms with Crippen LogP contribution in [0.5, 0.6) is 0 Å². The van der Waals surface area contributed by atoms with Gasteiger partial charge in [-0.1, -0.05) is 34.6 Å². The van der Waals surface area contributed by atoms with Gasteiger partial charge in [-0.15, -0.1) is 0 Å². The third-order valence-corrected chi connectivity index (χ3v) is 4.99. The molecule has 0 spiro atoms. The number of benzene rings is 1. The third-order valence-electron chi connectivity index (χ3n) is 4.99. The Labute approximate surface area is 147 Å². The Kier molecular flexibility index (Phi) is 6.28. The minimum absolute atomic E-state index is 0.0505. The summed E-state index contributed by atoms with van der Waals surface area (Å²) in [6.45, 7) is 11.6. The molecular weight excluding hydrogens is 329 g/mol. The number of nitrogens with zero attached hydrogens (tertiary/aromatic N) is 2. The second kappa shape index (κ2) is 7.47. The van der Waals surface area contributed by atoms with Crippen LogP contribution in [0, 0.1) is 28.6 Å². The van der Waals surface area contributed by atoms with E-state index in [-0.39, 0.29) is 30.0 Å². The summed E-state index contributed by atoms with van der Waals surface area (Å²) in [5.41, 5.74) is -2.04. The maximum absolute atomic E-state index is 13.2. The first-order valence-electron chi connectivity index (χ1n) is 8.31. The summed E-state index contributed by atoms with van der Waals surface area (Å²) < 4.78 is 39.6. The molecule has 1 atom stereocenters. The maximum Gasteiger partial charge on any atom is 0.417 e. The van der Waals surface area contributed by atoms with E-state index in [1.165, 1.54) is 11.0 Å². The number of carbonyl (C=O) groups is 1. The van der Waals surface area contributed by atoms with Gasteiger partial charge in [0.05, 0.1) is 17.2 Å². The standard InChI is InChI=1S/C19H25F3N2O/c1-7-24(17(25)18(5,6)13(4)12(2)3)15-9-8-14(11-23)16(10-15)19(20,21)22/h8-10,12-13H,7H2,1-6H3. The van der Waals surface area contributed by atoms with Crippen LogP contribution in [0.25, 0.3) is 0 Å². The van der Waals surface area contributed by atoms with E-state index in [2.05, 4.69) is 0 Å². The smallest absolute Gasteiger partial charge is 0.312 e. The highest BCUT2D eigenvalue weighted by atomic mass is 19.4. The molecule has 0 saturated carbocycles. The Morgan fingerprint density at radius 3 is 2.20 bits per heavy atom. The van der Waals surface area contributed by atoms with Crippen molar-refractivity contribution in [3.8, 4) is 6.07 Å². The van der Waals surface area contributed by atoms with Crippen molar-refractivity contribution in [1.82, 2.24) is 0 Å². The van der Waals surface area contributed by atoms with Crippen molar-refractivity contribution in [2.24, 2.45) is 17.3 Å². The van der Waals surface area contributed by atoms with E-state index >= 15 is 0 Å². The predicted octanol–water partition coefficient (Wildman–Crippen LogP) is 5.25. The summed E-state index contributed by atoms with van der Waals surface area (Å²) in [6, 6.07) is 4.95. The van der Waals surface area contributed by atoms with E-state index in [9.17, 15) is 18.0 Å². The van der Waals surface area contributed by atoms with Gasteiger partial charge in [0.2, 0.25) is 5.91 Å². The molecule has 0 fully saturated rings. The van der Waals surface area contributed by atoms with Crippen molar-refractivity contribution >= 4 is 11.6 Å². The molecule has 0 bridgehead atoms. The fraction of sp³-hybridized carbons (Fsp3) is 0.579. The van der Waals surface area contributed by atoms with Crippen LogP contribution in [-0.4, -0.2) is 12.5 Å². The zero-order chi connectivity index (χ0) is 19.6. The van der Waals surface area contributed by atoms with E-state index in [4.69, 9.17) is 5.26 Å². The Morgan fingerprint density at radius 1 is 1.24 bits per heavy atom. The number of rotatable bonds is 5. The molecule has 1 unspecified atom stereocenters. The van der Waals surface area contributed by atoms with Crippen LogP contribution in [-0.2, 0) is 11.0 Å². The second-order valence-corrected chi connectivity index (χ2v) is 7.14. The zero-order valence-corrected chi connectivity index (χ0v) is 15.5. The van der Waals surface area contributed by atoms with Crippen molar-refractivity contribution in [3.63, 3.8) is 0 Å². The lowest BCUT2D eigenvalue weighted by Gasteiger charge is -2.37. The molecule has 25 heavy (non-hydrogen) atoms. The fourth-order valence-corrected chi connectivity index (χ4v) is 2.85. The minimum Gasteiger partial charge on any atom is -0.312 e. The Bertz CT molecular complexity index is 672. The van der Waals surface area contributed by atoms with Gasteiger partial charge >= 0.3 is 6.18 Å². The highest BCUT2D eigenvalue weighted by Gasteiger charge is 2.39. The SMILES string of the molecule is CCN(C(=O)C(C)(C)C(C)C(C)C)c1ccc(C#N)c(C(F)(F)F)c1. The first-order chi connectivity index (χ1) is 11.4. The average Bonchev–Trinajstić information content (AvgIpc) is 2.53. The Hall–Kier alpha value is -2.03. The molecular formula is C19H25F3N2O. The average molecular weight is 354 g/mol. The van der Waals surface area contributed by atoms with Gasteiger partial charge in [0.1, 0.15) is 0 Å². The Balaban J connectivity index is 3.38. The number of anilines is 1. The first-order valence-corrected chi connectivity index (χ1v) is 8.31. The van der Waals surface area contributed by atoms with Crippen molar-refractivity contribution < 1.29 is 18.0 Å². The first kappa shape index (κ1) is 21.0. The lowest BCUT2D eigenvalue weighted by Crippen LogP contribution is -2.45.